The van der Waals surface area contributed by atoms with Gasteiger partial charge in [-0.3, -0.25) is 4.79 Å². The van der Waals surface area contributed by atoms with Gasteiger partial charge in [0, 0.05) is 28.3 Å². The minimum absolute atomic E-state index is 0.199. The molecule has 0 bridgehead atoms. The van der Waals surface area contributed by atoms with Crippen LogP contribution in [-0.4, -0.2) is 23.3 Å². The molecule has 32 heavy (non-hydrogen) atoms. The van der Waals surface area contributed by atoms with Crippen LogP contribution in [0.5, 0.6) is 0 Å². The van der Waals surface area contributed by atoms with Gasteiger partial charge in [-0.2, -0.15) is 0 Å². The molecule has 3 aromatic rings. The lowest BCUT2D eigenvalue weighted by Crippen LogP contribution is -2.37. The topological polar surface area (TPSA) is 76.7 Å². The second-order valence-electron chi connectivity index (χ2n) is 7.61. The number of oxazole rings is 1. The highest BCUT2D eigenvalue weighted by atomic mass is 35.5. The van der Waals surface area contributed by atoms with Crippen LogP contribution in [0.2, 0.25) is 10.0 Å². The summed E-state index contributed by atoms with van der Waals surface area (Å²) in [5.74, 6) is 1.35. The minimum Gasteiger partial charge on any atom is -0.438 e. The normalized spacial score (nSPS) is 16.9. The third-order valence-corrected chi connectivity index (χ3v) is 6.08. The van der Waals surface area contributed by atoms with Crippen LogP contribution in [0.4, 0.5) is 5.69 Å². The molecule has 162 valence electrons. The van der Waals surface area contributed by atoms with Gasteiger partial charge >= 0.3 is 0 Å². The van der Waals surface area contributed by atoms with E-state index in [2.05, 4.69) is 15.3 Å². The number of hydrogen-bond donors (Lipinski definition) is 1. The Kier molecular flexibility index (Phi) is 5.37. The molecule has 1 aromatic heterocycles. The SMILES string of the molecule is CCOCc1ncc(-c2cc3c(cc2C)N=C2NC(=O)C(c4ccc(Cl)cc4Cl)=CC23)o1. The number of rotatable bonds is 5. The summed E-state index contributed by atoms with van der Waals surface area (Å²) < 4.78 is 11.3. The smallest absolute Gasteiger partial charge is 0.256 e. The van der Waals surface area contributed by atoms with Crippen molar-refractivity contribution in [3.05, 3.63) is 75.2 Å². The Morgan fingerprint density at radius 2 is 2.03 bits per heavy atom. The molecule has 1 amide bonds. The van der Waals surface area contributed by atoms with E-state index in [1.54, 1.807) is 24.4 Å². The summed E-state index contributed by atoms with van der Waals surface area (Å²) >= 11 is 12.4. The number of amides is 1. The number of aliphatic imine (C=N–C) groups is 1. The van der Waals surface area contributed by atoms with Gasteiger partial charge in [0.05, 0.1) is 22.8 Å². The quantitative estimate of drug-likeness (QED) is 0.511. The van der Waals surface area contributed by atoms with Crippen molar-refractivity contribution in [1.82, 2.24) is 10.3 Å². The Balaban J connectivity index is 1.55. The number of carbonyl (C=O) groups excluding carboxylic acids is 1. The van der Waals surface area contributed by atoms with Crippen LogP contribution in [0.25, 0.3) is 16.9 Å². The van der Waals surface area contributed by atoms with E-state index in [1.807, 2.05) is 32.1 Å². The molecule has 2 aromatic carbocycles. The van der Waals surface area contributed by atoms with Crippen LogP contribution >= 0.6 is 23.2 Å². The molecule has 2 aliphatic rings. The molecule has 0 spiro atoms. The van der Waals surface area contributed by atoms with Crippen molar-refractivity contribution in [2.75, 3.05) is 6.61 Å². The van der Waals surface area contributed by atoms with Gasteiger partial charge in [0.2, 0.25) is 5.89 Å². The average molecular weight is 468 g/mol. The lowest BCUT2D eigenvalue weighted by molar-refractivity contribution is -0.114. The highest BCUT2D eigenvalue weighted by molar-refractivity contribution is 6.38. The minimum atomic E-state index is -0.246. The first-order chi connectivity index (χ1) is 15.4. The van der Waals surface area contributed by atoms with Crippen LogP contribution in [0.1, 0.15) is 35.4 Å². The number of carbonyl (C=O) groups is 1. The summed E-state index contributed by atoms with van der Waals surface area (Å²) in [6.07, 6.45) is 3.61. The van der Waals surface area contributed by atoms with Crippen molar-refractivity contribution in [2.45, 2.75) is 26.4 Å². The lowest BCUT2D eigenvalue weighted by Gasteiger charge is -2.21. The van der Waals surface area contributed by atoms with E-state index in [1.165, 1.54) is 0 Å². The number of fused-ring (bicyclic) bond motifs is 3. The van der Waals surface area contributed by atoms with E-state index < -0.39 is 0 Å². The number of nitrogens with zero attached hydrogens (tertiary/aromatic N) is 2. The molecule has 1 unspecified atom stereocenters. The van der Waals surface area contributed by atoms with Crippen LogP contribution in [-0.2, 0) is 16.1 Å². The van der Waals surface area contributed by atoms with E-state index in [-0.39, 0.29) is 11.8 Å². The predicted octanol–water partition coefficient (Wildman–Crippen LogP) is 5.83. The van der Waals surface area contributed by atoms with Gasteiger partial charge in [-0.25, -0.2) is 9.98 Å². The fourth-order valence-corrected chi connectivity index (χ4v) is 4.49. The monoisotopic (exact) mass is 467 g/mol. The van der Waals surface area contributed by atoms with E-state index in [4.69, 9.17) is 32.4 Å². The van der Waals surface area contributed by atoms with Crippen molar-refractivity contribution in [1.29, 1.82) is 0 Å². The maximum Gasteiger partial charge on any atom is 0.256 e. The Morgan fingerprint density at radius 3 is 2.81 bits per heavy atom. The lowest BCUT2D eigenvalue weighted by atomic mass is 9.88. The Morgan fingerprint density at radius 1 is 1.19 bits per heavy atom. The van der Waals surface area contributed by atoms with Crippen molar-refractivity contribution < 1.29 is 13.9 Å². The first-order valence-electron chi connectivity index (χ1n) is 10.2. The first kappa shape index (κ1) is 20.9. The molecule has 8 heteroatoms. The molecular formula is C24H19Cl2N3O3. The molecule has 0 saturated carbocycles. The maximum absolute atomic E-state index is 12.8. The highest BCUT2D eigenvalue weighted by Crippen LogP contribution is 2.43. The molecule has 0 aliphatic carbocycles. The van der Waals surface area contributed by atoms with Gasteiger partial charge < -0.3 is 14.5 Å². The van der Waals surface area contributed by atoms with Gasteiger partial charge in [0.25, 0.3) is 5.91 Å². The standard InChI is InChI=1S/C24H19Cl2N3O3/c1-3-31-11-22-27-10-21(32-22)15-8-16-17-9-18(14-5-4-13(25)7-19(14)26)24(30)29-23(17)28-20(16)6-12(15)2/h4-10,17H,3,11H2,1-2H3,(H,28,29,30). The Hall–Kier alpha value is -2.93. The number of nitrogens with one attached hydrogen (secondary N) is 1. The summed E-state index contributed by atoms with van der Waals surface area (Å²) in [5.41, 5.74) is 4.84. The second kappa shape index (κ2) is 8.20. The molecule has 0 saturated heterocycles. The number of ether oxygens (including phenoxy) is 1. The zero-order valence-electron chi connectivity index (χ0n) is 17.4. The molecule has 1 N–H and O–H groups in total. The van der Waals surface area contributed by atoms with Crippen molar-refractivity contribution >= 4 is 46.2 Å². The molecular weight excluding hydrogens is 449 g/mol. The Labute approximate surface area is 194 Å². The summed E-state index contributed by atoms with van der Waals surface area (Å²) in [4.78, 5) is 21.7. The van der Waals surface area contributed by atoms with Gasteiger partial charge in [-0.1, -0.05) is 35.3 Å². The summed E-state index contributed by atoms with van der Waals surface area (Å²) in [6, 6.07) is 9.14. The van der Waals surface area contributed by atoms with E-state index >= 15 is 0 Å². The highest BCUT2D eigenvalue weighted by Gasteiger charge is 2.34. The van der Waals surface area contributed by atoms with Crippen LogP contribution in [0.15, 0.2) is 52.0 Å². The molecule has 2 aliphatic heterocycles. The molecule has 0 fully saturated rings. The van der Waals surface area contributed by atoms with Gasteiger partial charge in [0.1, 0.15) is 12.4 Å². The van der Waals surface area contributed by atoms with Crippen molar-refractivity contribution in [3.63, 3.8) is 0 Å². The van der Waals surface area contributed by atoms with Gasteiger partial charge in [-0.05, 0) is 49.2 Å². The molecule has 5 rings (SSSR count). The largest absolute Gasteiger partial charge is 0.438 e. The van der Waals surface area contributed by atoms with Crippen LogP contribution in [0, 0.1) is 6.92 Å². The van der Waals surface area contributed by atoms with E-state index in [0.717, 1.165) is 22.4 Å². The summed E-state index contributed by atoms with van der Waals surface area (Å²) in [6.45, 7) is 4.84. The summed E-state index contributed by atoms with van der Waals surface area (Å²) in [5, 5.41) is 3.86. The molecule has 1 atom stereocenters. The third-order valence-electron chi connectivity index (χ3n) is 5.53. The van der Waals surface area contributed by atoms with Gasteiger partial charge in [-0.15, -0.1) is 0 Å². The fourth-order valence-electron chi connectivity index (χ4n) is 3.98. The number of aryl methyl sites for hydroxylation is 1. The van der Waals surface area contributed by atoms with Crippen LogP contribution in [0.3, 0.4) is 0 Å². The maximum atomic E-state index is 12.8. The first-order valence-corrected chi connectivity index (χ1v) is 10.9. The van der Waals surface area contributed by atoms with E-state index in [9.17, 15) is 4.79 Å². The average Bonchev–Trinajstić information content (AvgIpc) is 3.35. The van der Waals surface area contributed by atoms with Gasteiger partial charge in [0.15, 0.2) is 5.76 Å². The van der Waals surface area contributed by atoms with E-state index in [0.29, 0.717) is 51.9 Å². The predicted molar refractivity (Wildman–Crippen MR) is 124 cm³/mol. The number of halogens is 2. The molecule has 3 heterocycles. The fraction of sp³-hybridized carbons (Fsp3) is 0.208. The molecule has 6 nitrogen and oxygen atoms in total. The van der Waals surface area contributed by atoms with Crippen LogP contribution < -0.4 is 5.32 Å². The summed E-state index contributed by atoms with van der Waals surface area (Å²) in [7, 11) is 0. The number of benzene rings is 2. The van der Waals surface area contributed by atoms with Crippen molar-refractivity contribution in [3.8, 4) is 11.3 Å². The number of amidine groups is 1. The van der Waals surface area contributed by atoms with Crippen molar-refractivity contribution in [2.24, 2.45) is 4.99 Å². The third kappa shape index (κ3) is 3.64. The second-order valence-corrected chi connectivity index (χ2v) is 8.46. The number of aromatic nitrogens is 1. The molecule has 0 radical (unpaired) electrons. The number of hydrogen-bond acceptors (Lipinski definition) is 5. The Bertz CT molecular complexity index is 1310. The zero-order chi connectivity index (χ0) is 22.4. The zero-order valence-corrected chi connectivity index (χ0v) is 18.9.